The molecule has 1 aromatic carbocycles. The molecule has 0 saturated carbocycles. The van der Waals surface area contributed by atoms with Gasteiger partial charge in [0.05, 0.1) is 12.2 Å². The van der Waals surface area contributed by atoms with Gasteiger partial charge in [-0.2, -0.15) is 0 Å². The van der Waals surface area contributed by atoms with E-state index in [0.717, 1.165) is 38.2 Å². The molecule has 1 aliphatic heterocycles. The molecule has 1 saturated heterocycles. The van der Waals surface area contributed by atoms with Gasteiger partial charge in [0, 0.05) is 44.7 Å². The van der Waals surface area contributed by atoms with Gasteiger partial charge >= 0.3 is 0 Å². The topological polar surface area (TPSA) is 60.0 Å². The minimum absolute atomic E-state index is 0.0184. The van der Waals surface area contributed by atoms with Crippen molar-refractivity contribution in [3.8, 4) is 0 Å². The van der Waals surface area contributed by atoms with Gasteiger partial charge in [0.2, 0.25) is 5.91 Å². The summed E-state index contributed by atoms with van der Waals surface area (Å²) in [5.74, 6) is 0.701. The van der Waals surface area contributed by atoms with E-state index in [4.69, 9.17) is 0 Å². The Kier molecular flexibility index (Phi) is 8.73. The van der Waals surface area contributed by atoms with Crippen molar-refractivity contribution in [3.05, 3.63) is 29.6 Å². The van der Waals surface area contributed by atoms with Crippen LogP contribution in [0.4, 0.5) is 10.1 Å². The van der Waals surface area contributed by atoms with Gasteiger partial charge in [-0.15, -0.1) is 0 Å². The smallest absolute Gasteiger partial charge is 0.225 e. The number of halogens is 1. The molecule has 0 bridgehead atoms. The predicted octanol–water partition coefficient (Wildman–Crippen LogP) is 2.98. The third kappa shape index (κ3) is 6.34. The van der Waals surface area contributed by atoms with Crippen molar-refractivity contribution < 1.29 is 9.18 Å². The number of rotatable bonds is 8. The van der Waals surface area contributed by atoms with Crippen molar-refractivity contribution in [1.29, 1.82) is 0 Å². The maximum atomic E-state index is 14.5. The van der Waals surface area contributed by atoms with E-state index >= 15 is 0 Å². The number of likely N-dealkylation sites (tertiary alicyclic amines) is 1. The van der Waals surface area contributed by atoms with E-state index < -0.39 is 0 Å². The van der Waals surface area contributed by atoms with Gasteiger partial charge in [0.1, 0.15) is 5.82 Å². The number of guanidine groups is 1. The summed E-state index contributed by atoms with van der Waals surface area (Å²) in [5, 5.41) is 6.66. The van der Waals surface area contributed by atoms with E-state index in [1.165, 1.54) is 0 Å². The Labute approximate surface area is 174 Å². The van der Waals surface area contributed by atoms with Gasteiger partial charge in [0.25, 0.3) is 0 Å². The van der Waals surface area contributed by atoms with Crippen LogP contribution in [0.3, 0.4) is 0 Å². The molecule has 0 aromatic heterocycles. The Morgan fingerprint density at radius 1 is 1.31 bits per heavy atom. The number of nitrogens with zero attached hydrogens (tertiary/aromatic N) is 3. The summed E-state index contributed by atoms with van der Waals surface area (Å²) in [6.45, 7) is 14.1. The average Bonchev–Trinajstić information content (AvgIpc) is 3.16. The first-order valence-corrected chi connectivity index (χ1v) is 10.8. The van der Waals surface area contributed by atoms with E-state index in [1.54, 1.807) is 6.07 Å². The van der Waals surface area contributed by atoms with Gasteiger partial charge in [-0.25, -0.2) is 9.38 Å². The first-order valence-electron chi connectivity index (χ1n) is 10.8. The zero-order chi connectivity index (χ0) is 21.4. The molecule has 29 heavy (non-hydrogen) atoms. The zero-order valence-electron chi connectivity index (χ0n) is 18.5. The molecule has 1 atom stereocenters. The number of amides is 1. The van der Waals surface area contributed by atoms with Crippen LogP contribution >= 0.6 is 0 Å². The highest BCUT2D eigenvalue weighted by Gasteiger charge is 2.27. The molecule has 1 aromatic rings. The SMILES string of the molecule is CCNC(=NCc1ccc(N(CC)CC)c(F)c1)NC1CCN(C(=O)C(C)C)C1. The Bertz CT molecular complexity index is 702. The van der Waals surface area contributed by atoms with E-state index in [0.29, 0.717) is 24.7 Å². The molecule has 0 aliphatic carbocycles. The van der Waals surface area contributed by atoms with Gasteiger partial charge in [-0.3, -0.25) is 4.79 Å². The summed E-state index contributed by atoms with van der Waals surface area (Å²) in [7, 11) is 0. The summed E-state index contributed by atoms with van der Waals surface area (Å²) < 4.78 is 14.5. The van der Waals surface area contributed by atoms with Crippen LogP contribution in [0.5, 0.6) is 0 Å². The van der Waals surface area contributed by atoms with Crippen LogP contribution in [0.25, 0.3) is 0 Å². The molecular weight excluding hydrogens is 369 g/mol. The minimum Gasteiger partial charge on any atom is -0.370 e. The first-order chi connectivity index (χ1) is 13.9. The predicted molar refractivity (Wildman–Crippen MR) is 118 cm³/mol. The molecule has 162 valence electrons. The first kappa shape index (κ1) is 23.0. The number of aliphatic imine (C=N–C) groups is 1. The lowest BCUT2D eigenvalue weighted by molar-refractivity contribution is -0.133. The van der Waals surface area contributed by atoms with Crippen LogP contribution in [0, 0.1) is 11.7 Å². The maximum Gasteiger partial charge on any atom is 0.225 e. The van der Waals surface area contributed by atoms with Crippen LogP contribution in [-0.4, -0.2) is 55.5 Å². The highest BCUT2D eigenvalue weighted by atomic mass is 19.1. The van der Waals surface area contributed by atoms with Gasteiger partial charge in [-0.1, -0.05) is 19.9 Å². The molecule has 6 nitrogen and oxygen atoms in total. The fourth-order valence-corrected chi connectivity index (χ4v) is 3.60. The fraction of sp³-hybridized carbons (Fsp3) is 0.636. The van der Waals surface area contributed by atoms with Crippen molar-refractivity contribution in [2.75, 3.05) is 37.6 Å². The number of carbonyl (C=O) groups is 1. The Balaban J connectivity index is 2.00. The van der Waals surface area contributed by atoms with E-state index in [1.807, 2.05) is 56.6 Å². The average molecular weight is 406 g/mol. The zero-order valence-corrected chi connectivity index (χ0v) is 18.5. The van der Waals surface area contributed by atoms with E-state index in [2.05, 4.69) is 15.6 Å². The monoisotopic (exact) mass is 405 g/mol. The molecule has 2 rings (SSSR count). The molecular formula is C22H36FN5O. The molecule has 1 heterocycles. The Morgan fingerprint density at radius 3 is 2.62 bits per heavy atom. The molecule has 1 fully saturated rings. The van der Waals surface area contributed by atoms with E-state index in [9.17, 15) is 9.18 Å². The lowest BCUT2D eigenvalue weighted by atomic mass is 10.2. The second-order valence-corrected chi connectivity index (χ2v) is 7.72. The quantitative estimate of drug-likeness (QED) is 0.516. The number of hydrogen-bond donors (Lipinski definition) is 2. The molecule has 1 unspecified atom stereocenters. The van der Waals surface area contributed by atoms with Gasteiger partial charge in [-0.05, 0) is 44.9 Å². The second kappa shape index (κ2) is 11.0. The summed E-state index contributed by atoms with van der Waals surface area (Å²) >= 11 is 0. The van der Waals surface area contributed by atoms with Crippen molar-refractivity contribution in [3.63, 3.8) is 0 Å². The fourth-order valence-electron chi connectivity index (χ4n) is 3.60. The second-order valence-electron chi connectivity index (χ2n) is 7.72. The van der Waals surface area contributed by atoms with Crippen molar-refractivity contribution >= 4 is 17.6 Å². The summed E-state index contributed by atoms with van der Waals surface area (Å²) in [6, 6.07) is 5.51. The highest BCUT2D eigenvalue weighted by Crippen LogP contribution is 2.21. The van der Waals surface area contributed by atoms with Crippen molar-refractivity contribution in [2.24, 2.45) is 10.9 Å². The molecule has 0 spiro atoms. The van der Waals surface area contributed by atoms with E-state index in [-0.39, 0.29) is 23.7 Å². The summed E-state index contributed by atoms with van der Waals surface area (Å²) in [5.41, 5.74) is 1.47. The number of carbonyl (C=O) groups excluding carboxylic acids is 1. The highest BCUT2D eigenvalue weighted by molar-refractivity contribution is 5.81. The standard InChI is InChI=1S/C22H36FN5O/c1-6-24-22(26-18-11-12-28(15-18)21(29)16(4)5)25-14-17-9-10-20(19(23)13-17)27(7-2)8-3/h9-10,13,16,18H,6-8,11-12,14-15H2,1-5H3,(H2,24,25,26). The summed E-state index contributed by atoms with van der Waals surface area (Å²) in [6.07, 6.45) is 0.899. The number of nitrogens with one attached hydrogen (secondary N) is 2. The molecule has 7 heteroatoms. The largest absolute Gasteiger partial charge is 0.370 e. The molecule has 0 radical (unpaired) electrons. The Morgan fingerprint density at radius 2 is 2.03 bits per heavy atom. The number of benzene rings is 1. The minimum atomic E-state index is -0.210. The molecule has 1 amide bonds. The third-order valence-electron chi connectivity index (χ3n) is 5.21. The van der Waals surface area contributed by atoms with Crippen molar-refractivity contribution in [2.45, 2.75) is 53.6 Å². The number of anilines is 1. The normalized spacial score (nSPS) is 17.0. The summed E-state index contributed by atoms with van der Waals surface area (Å²) in [4.78, 5) is 20.7. The van der Waals surface area contributed by atoms with Crippen LogP contribution < -0.4 is 15.5 Å². The van der Waals surface area contributed by atoms with Crippen LogP contribution in [0.2, 0.25) is 0 Å². The molecule has 2 N–H and O–H groups in total. The van der Waals surface area contributed by atoms with Crippen LogP contribution in [0.15, 0.2) is 23.2 Å². The molecule has 1 aliphatic rings. The lowest BCUT2D eigenvalue weighted by Crippen LogP contribution is -2.45. The van der Waals surface area contributed by atoms with Gasteiger partial charge in [0.15, 0.2) is 5.96 Å². The third-order valence-corrected chi connectivity index (χ3v) is 5.21. The Hall–Kier alpha value is -2.31. The van der Waals surface area contributed by atoms with Crippen molar-refractivity contribution in [1.82, 2.24) is 15.5 Å². The maximum absolute atomic E-state index is 14.5. The van der Waals surface area contributed by atoms with Gasteiger partial charge < -0.3 is 20.4 Å². The lowest BCUT2D eigenvalue weighted by Gasteiger charge is -2.22. The number of hydrogen-bond acceptors (Lipinski definition) is 3. The van der Waals surface area contributed by atoms with Crippen LogP contribution in [-0.2, 0) is 11.3 Å². The van der Waals surface area contributed by atoms with Crippen LogP contribution in [0.1, 0.15) is 46.6 Å².